The number of methoxy groups -OCH3 is 2. The molecule has 0 bridgehead atoms. The summed E-state index contributed by atoms with van der Waals surface area (Å²) in [7, 11) is 2.83. The molecule has 0 radical (unpaired) electrons. The molecule has 0 unspecified atom stereocenters. The molecule has 21 heavy (non-hydrogen) atoms. The second-order valence-corrected chi connectivity index (χ2v) is 5.11. The van der Waals surface area contributed by atoms with Crippen LogP contribution in [0.2, 0.25) is 0 Å². The molecule has 2 rings (SSSR count). The molecule has 0 saturated carbocycles. The number of carbonyl (C=O) groups is 1. The molecule has 0 aromatic heterocycles. The van der Waals surface area contributed by atoms with Crippen molar-refractivity contribution in [2.24, 2.45) is 0 Å². The Labute approximate surface area is 129 Å². The maximum atomic E-state index is 13.5. The number of benzene rings is 2. The maximum absolute atomic E-state index is 13.5. The van der Waals surface area contributed by atoms with Gasteiger partial charge in [0.2, 0.25) is 5.78 Å². The second kappa shape index (κ2) is 6.13. The first kappa shape index (κ1) is 15.3. The van der Waals surface area contributed by atoms with Crippen LogP contribution in [0.4, 0.5) is 10.1 Å². The number of halogens is 2. The summed E-state index contributed by atoms with van der Waals surface area (Å²) in [6.07, 6.45) is 0. The minimum absolute atomic E-state index is 0.144. The highest BCUT2D eigenvalue weighted by Crippen LogP contribution is 2.31. The van der Waals surface area contributed by atoms with E-state index in [9.17, 15) is 9.18 Å². The van der Waals surface area contributed by atoms with Gasteiger partial charge >= 0.3 is 0 Å². The molecule has 0 aliphatic rings. The Bertz CT molecular complexity index is 704. The van der Waals surface area contributed by atoms with Gasteiger partial charge in [-0.1, -0.05) is 0 Å². The van der Waals surface area contributed by atoms with E-state index in [1.54, 1.807) is 12.1 Å². The molecule has 0 atom stereocenters. The minimum Gasteiger partial charge on any atom is -0.496 e. The number of anilines is 1. The van der Waals surface area contributed by atoms with E-state index >= 15 is 0 Å². The lowest BCUT2D eigenvalue weighted by molar-refractivity contribution is 0.103. The maximum Gasteiger partial charge on any atom is 0.200 e. The highest BCUT2D eigenvalue weighted by atomic mass is 79.9. The zero-order chi connectivity index (χ0) is 15.6. The van der Waals surface area contributed by atoms with Crippen molar-refractivity contribution in [1.82, 2.24) is 0 Å². The summed E-state index contributed by atoms with van der Waals surface area (Å²) >= 11 is 3.06. The fourth-order valence-corrected chi connectivity index (χ4v) is 2.27. The molecule has 0 aliphatic heterocycles. The summed E-state index contributed by atoms with van der Waals surface area (Å²) in [6, 6.07) is 7.27. The van der Waals surface area contributed by atoms with Gasteiger partial charge in [0.15, 0.2) is 0 Å². The van der Waals surface area contributed by atoms with E-state index in [1.807, 2.05) is 0 Å². The Morgan fingerprint density at radius 1 is 1.10 bits per heavy atom. The average Bonchev–Trinajstić information content (AvgIpc) is 2.48. The Kier molecular flexibility index (Phi) is 4.47. The van der Waals surface area contributed by atoms with Gasteiger partial charge in [-0.2, -0.15) is 0 Å². The SMILES string of the molecule is COc1ccc(N)cc1C(=O)c1cc(Br)c(F)cc1OC. The third-order valence-corrected chi connectivity index (χ3v) is 3.56. The van der Waals surface area contributed by atoms with Crippen LogP contribution in [0.25, 0.3) is 0 Å². The van der Waals surface area contributed by atoms with Crippen LogP contribution >= 0.6 is 15.9 Å². The number of hydrogen-bond donors (Lipinski definition) is 1. The van der Waals surface area contributed by atoms with Crippen molar-refractivity contribution in [3.05, 3.63) is 51.7 Å². The molecule has 2 aromatic carbocycles. The van der Waals surface area contributed by atoms with Gasteiger partial charge in [0.25, 0.3) is 0 Å². The van der Waals surface area contributed by atoms with E-state index in [0.717, 1.165) is 6.07 Å². The van der Waals surface area contributed by atoms with Crippen LogP contribution in [0.15, 0.2) is 34.8 Å². The molecule has 0 spiro atoms. The van der Waals surface area contributed by atoms with Crippen LogP contribution in [0.5, 0.6) is 11.5 Å². The van der Waals surface area contributed by atoms with Crippen molar-refractivity contribution in [2.75, 3.05) is 20.0 Å². The van der Waals surface area contributed by atoms with Gasteiger partial charge in [-0.25, -0.2) is 4.39 Å². The number of hydrogen-bond acceptors (Lipinski definition) is 4. The molecule has 0 heterocycles. The lowest BCUT2D eigenvalue weighted by Crippen LogP contribution is -2.07. The average molecular weight is 354 g/mol. The Morgan fingerprint density at radius 3 is 2.33 bits per heavy atom. The molecule has 0 aliphatic carbocycles. The Hall–Kier alpha value is -2.08. The van der Waals surface area contributed by atoms with Crippen molar-refractivity contribution in [3.8, 4) is 11.5 Å². The van der Waals surface area contributed by atoms with Gasteiger partial charge in [-0.3, -0.25) is 4.79 Å². The molecule has 0 fully saturated rings. The molecule has 110 valence electrons. The van der Waals surface area contributed by atoms with Crippen molar-refractivity contribution in [2.45, 2.75) is 0 Å². The Morgan fingerprint density at radius 2 is 1.71 bits per heavy atom. The van der Waals surface area contributed by atoms with E-state index < -0.39 is 5.82 Å². The zero-order valence-corrected chi connectivity index (χ0v) is 13.0. The lowest BCUT2D eigenvalue weighted by Gasteiger charge is -2.12. The number of nitrogens with two attached hydrogens (primary N) is 1. The molecule has 2 N–H and O–H groups in total. The minimum atomic E-state index is -0.511. The highest BCUT2D eigenvalue weighted by molar-refractivity contribution is 9.10. The fourth-order valence-electron chi connectivity index (χ4n) is 1.92. The zero-order valence-electron chi connectivity index (χ0n) is 11.4. The number of ketones is 1. The van der Waals surface area contributed by atoms with Crippen LogP contribution in [0.1, 0.15) is 15.9 Å². The van der Waals surface area contributed by atoms with Crippen LogP contribution in [-0.4, -0.2) is 20.0 Å². The Balaban J connectivity index is 2.59. The van der Waals surface area contributed by atoms with Crippen molar-refractivity contribution >= 4 is 27.4 Å². The topological polar surface area (TPSA) is 61.5 Å². The normalized spacial score (nSPS) is 10.3. The monoisotopic (exact) mass is 353 g/mol. The van der Waals surface area contributed by atoms with E-state index in [0.29, 0.717) is 11.4 Å². The number of carbonyl (C=O) groups excluding carboxylic acids is 1. The fraction of sp³-hybridized carbons (Fsp3) is 0.133. The van der Waals surface area contributed by atoms with E-state index in [1.165, 1.54) is 26.4 Å². The predicted molar refractivity (Wildman–Crippen MR) is 81.5 cm³/mol. The molecule has 4 nitrogen and oxygen atoms in total. The van der Waals surface area contributed by atoms with E-state index in [2.05, 4.69) is 15.9 Å². The quantitative estimate of drug-likeness (QED) is 0.675. The molecule has 6 heteroatoms. The summed E-state index contributed by atoms with van der Waals surface area (Å²) in [5.41, 5.74) is 6.65. The van der Waals surface area contributed by atoms with Gasteiger partial charge in [0, 0.05) is 11.8 Å². The summed E-state index contributed by atoms with van der Waals surface area (Å²) in [5.74, 6) is -0.346. The van der Waals surface area contributed by atoms with Gasteiger partial charge < -0.3 is 15.2 Å². The van der Waals surface area contributed by atoms with Gasteiger partial charge in [0.1, 0.15) is 17.3 Å². The molecule has 2 aromatic rings. The second-order valence-electron chi connectivity index (χ2n) is 4.26. The van der Waals surface area contributed by atoms with Crippen LogP contribution in [-0.2, 0) is 0 Å². The summed E-state index contributed by atoms with van der Waals surface area (Å²) < 4.78 is 24.0. The van der Waals surface area contributed by atoms with Crippen LogP contribution in [0.3, 0.4) is 0 Å². The predicted octanol–water partition coefficient (Wildman–Crippen LogP) is 3.42. The van der Waals surface area contributed by atoms with E-state index in [-0.39, 0.29) is 27.1 Å². The largest absolute Gasteiger partial charge is 0.496 e. The third-order valence-electron chi connectivity index (χ3n) is 2.96. The number of ether oxygens (including phenoxy) is 2. The van der Waals surface area contributed by atoms with Gasteiger partial charge in [-0.05, 0) is 40.2 Å². The van der Waals surface area contributed by atoms with Crippen LogP contribution in [0, 0.1) is 5.82 Å². The van der Waals surface area contributed by atoms with Crippen molar-refractivity contribution in [1.29, 1.82) is 0 Å². The first-order chi connectivity index (χ1) is 9.97. The first-order valence-corrected chi connectivity index (χ1v) is 6.78. The van der Waals surface area contributed by atoms with Crippen LogP contribution < -0.4 is 15.2 Å². The van der Waals surface area contributed by atoms with Gasteiger partial charge in [0.05, 0.1) is 29.8 Å². The molecule has 0 amide bonds. The standard InChI is InChI=1S/C15H13BrFNO3/c1-20-13-4-3-8(18)5-9(13)15(19)10-6-11(16)12(17)7-14(10)21-2/h3-7H,18H2,1-2H3. The number of nitrogen functional groups attached to an aromatic ring is 1. The molecular formula is C15H13BrFNO3. The highest BCUT2D eigenvalue weighted by Gasteiger charge is 2.20. The van der Waals surface area contributed by atoms with E-state index in [4.69, 9.17) is 15.2 Å². The van der Waals surface area contributed by atoms with Crippen molar-refractivity contribution in [3.63, 3.8) is 0 Å². The number of rotatable bonds is 4. The van der Waals surface area contributed by atoms with Crippen molar-refractivity contribution < 1.29 is 18.7 Å². The summed E-state index contributed by atoms with van der Waals surface area (Å²) in [4.78, 5) is 12.7. The summed E-state index contributed by atoms with van der Waals surface area (Å²) in [6.45, 7) is 0. The molecular weight excluding hydrogens is 341 g/mol. The molecule has 0 saturated heterocycles. The third kappa shape index (κ3) is 3.00. The smallest absolute Gasteiger partial charge is 0.200 e. The lowest BCUT2D eigenvalue weighted by atomic mass is 10.0. The first-order valence-electron chi connectivity index (χ1n) is 5.99. The summed E-state index contributed by atoms with van der Waals surface area (Å²) in [5, 5.41) is 0. The van der Waals surface area contributed by atoms with Gasteiger partial charge in [-0.15, -0.1) is 0 Å².